The van der Waals surface area contributed by atoms with Gasteiger partial charge in [-0.15, -0.1) is 0 Å². The Kier molecular flexibility index (Phi) is 4.30. The number of amides is 1. The Balaban J connectivity index is 3.14. The van der Waals surface area contributed by atoms with Crippen molar-refractivity contribution in [2.75, 3.05) is 27.2 Å². The monoisotopic (exact) mass is 300 g/mol. The summed E-state index contributed by atoms with van der Waals surface area (Å²) in [6, 6.07) is 0. The highest BCUT2D eigenvalue weighted by Crippen LogP contribution is 2.37. The molecule has 0 aromatic rings. The summed E-state index contributed by atoms with van der Waals surface area (Å²) in [6.07, 6.45) is -3.80. The van der Waals surface area contributed by atoms with E-state index in [0.29, 0.717) is 0 Å². The van der Waals surface area contributed by atoms with Crippen LogP contribution in [0.2, 0.25) is 0 Å². The maximum absolute atomic E-state index is 12.9. The lowest BCUT2D eigenvalue weighted by atomic mass is 10.1. The quantitative estimate of drug-likeness (QED) is 0.711. The summed E-state index contributed by atoms with van der Waals surface area (Å²) in [4.78, 5) is 12.2. The molecule has 0 spiro atoms. The fraction of sp³-hybridized carbons (Fsp3) is 0.700. The highest BCUT2D eigenvalue weighted by molar-refractivity contribution is 7.89. The van der Waals surface area contributed by atoms with Crippen molar-refractivity contribution in [2.45, 2.75) is 11.4 Å². The molecule has 110 valence electrons. The lowest BCUT2D eigenvalue weighted by Gasteiger charge is -2.23. The molecular weight excluding hydrogens is 285 g/mol. The number of likely N-dealkylation sites (tertiary alicyclic amines) is 1. The molecule has 1 aliphatic rings. The molecule has 1 saturated heterocycles. The van der Waals surface area contributed by atoms with E-state index in [1.807, 2.05) is 0 Å². The molecule has 0 saturated carbocycles. The van der Waals surface area contributed by atoms with Crippen molar-refractivity contribution in [3.63, 3.8) is 0 Å². The lowest BCUT2D eigenvalue weighted by Crippen LogP contribution is -2.43. The zero-order chi connectivity index (χ0) is 15.0. The van der Waals surface area contributed by atoms with E-state index in [4.69, 9.17) is 0 Å². The van der Waals surface area contributed by atoms with E-state index < -0.39 is 46.4 Å². The molecule has 1 heterocycles. The molecule has 5 nitrogen and oxygen atoms in total. The Morgan fingerprint density at radius 3 is 2.26 bits per heavy atom. The van der Waals surface area contributed by atoms with Crippen LogP contribution in [-0.4, -0.2) is 62.1 Å². The van der Waals surface area contributed by atoms with Crippen molar-refractivity contribution < 1.29 is 26.4 Å². The van der Waals surface area contributed by atoms with E-state index in [1.165, 1.54) is 14.1 Å². The molecule has 0 aliphatic carbocycles. The number of hydrogen-bond donors (Lipinski definition) is 0. The van der Waals surface area contributed by atoms with Gasteiger partial charge in [0.05, 0.1) is 5.92 Å². The third-order valence-corrected chi connectivity index (χ3v) is 5.33. The van der Waals surface area contributed by atoms with Gasteiger partial charge in [-0.2, -0.15) is 13.2 Å². The Hall–Kier alpha value is -1.09. The van der Waals surface area contributed by atoms with Crippen molar-refractivity contribution in [3.05, 3.63) is 12.7 Å². The second-order valence-corrected chi connectivity index (χ2v) is 6.83. The first kappa shape index (κ1) is 16.0. The Bertz CT molecular complexity index is 473. The van der Waals surface area contributed by atoms with Crippen LogP contribution in [0, 0.1) is 5.92 Å². The van der Waals surface area contributed by atoms with Crippen molar-refractivity contribution in [1.29, 1.82) is 0 Å². The third-order valence-electron chi connectivity index (χ3n) is 3.06. The summed E-state index contributed by atoms with van der Waals surface area (Å²) in [6.45, 7) is 2.05. The average molecular weight is 300 g/mol. The van der Waals surface area contributed by atoms with Crippen LogP contribution in [0.4, 0.5) is 13.2 Å². The minimum atomic E-state index is -4.68. The fourth-order valence-electron chi connectivity index (χ4n) is 1.97. The van der Waals surface area contributed by atoms with Crippen LogP contribution in [0.15, 0.2) is 12.7 Å². The topological polar surface area (TPSA) is 57.7 Å². The first-order chi connectivity index (χ1) is 8.51. The van der Waals surface area contributed by atoms with E-state index >= 15 is 0 Å². The molecule has 2 atom stereocenters. The summed E-state index contributed by atoms with van der Waals surface area (Å²) in [5.41, 5.74) is 0. The number of sulfonamides is 1. The average Bonchev–Trinajstić information content (AvgIpc) is 2.72. The summed E-state index contributed by atoms with van der Waals surface area (Å²) < 4.78 is 63.3. The summed E-state index contributed by atoms with van der Waals surface area (Å²) >= 11 is 0. The van der Waals surface area contributed by atoms with E-state index in [2.05, 4.69) is 6.58 Å². The molecule has 0 N–H and O–H groups in total. The molecule has 1 aliphatic heterocycles. The number of alkyl halides is 3. The molecule has 9 heteroatoms. The molecule has 0 aromatic heterocycles. The van der Waals surface area contributed by atoms with Gasteiger partial charge in [0.25, 0.3) is 0 Å². The highest BCUT2D eigenvalue weighted by atomic mass is 32.2. The molecule has 1 fully saturated rings. The maximum Gasteiger partial charge on any atom is 0.394 e. The zero-order valence-corrected chi connectivity index (χ0v) is 11.3. The summed E-state index contributed by atoms with van der Waals surface area (Å²) in [5, 5.41) is -1.67. The van der Waals surface area contributed by atoms with E-state index in [-0.39, 0.29) is 0 Å². The van der Waals surface area contributed by atoms with Gasteiger partial charge >= 0.3 is 6.18 Å². The van der Waals surface area contributed by atoms with Crippen LogP contribution in [0.1, 0.15) is 0 Å². The van der Waals surface area contributed by atoms with Gasteiger partial charge < -0.3 is 4.90 Å². The lowest BCUT2D eigenvalue weighted by molar-refractivity contribution is -0.170. The van der Waals surface area contributed by atoms with Crippen molar-refractivity contribution in [3.8, 4) is 0 Å². The molecule has 1 rings (SSSR count). The third kappa shape index (κ3) is 3.08. The Labute approximate surface area is 109 Å². The van der Waals surface area contributed by atoms with Crippen LogP contribution < -0.4 is 0 Å². The second-order valence-electron chi connectivity index (χ2n) is 4.46. The molecule has 19 heavy (non-hydrogen) atoms. The minimum Gasteiger partial charge on any atom is -0.337 e. The maximum atomic E-state index is 12.9. The van der Waals surface area contributed by atoms with Gasteiger partial charge in [0.15, 0.2) is 0 Å². The number of hydrogen-bond acceptors (Lipinski definition) is 3. The van der Waals surface area contributed by atoms with Gasteiger partial charge in [-0.3, -0.25) is 4.79 Å². The van der Waals surface area contributed by atoms with Crippen LogP contribution in [0.5, 0.6) is 0 Å². The number of halogens is 3. The molecule has 0 unspecified atom stereocenters. The zero-order valence-electron chi connectivity index (χ0n) is 10.5. The van der Waals surface area contributed by atoms with Crippen molar-refractivity contribution in [2.24, 2.45) is 5.92 Å². The van der Waals surface area contributed by atoms with Gasteiger partial charge in [-0.05, 0) is 6.08 Å². The number of carbonyl (C=O) groups is 1. The number of nitrogens with zero attached hydrogens (tertiary/aromatic N) is 2. The standard InChI is InChI=1S/C10H15F3N2O3S/c1-4-9(16)15-5-7(10(11,12)13)8(6-15)19(17,18)14(2)3/h4,7-8H,1,5-6H2,2-3H3/t7-,8-/m1/s1. The SMILES string of the molecule is C=CC(=O)N1C[C@@H](C(F)(F)F)[C@H](S(=O)(=O)N(C)C)C1. The molecule has 0 bridgehead atoms. The van der Waals surface area contributed by atoms with E-state index in [0.717, 1.165) is 15.3 Å². The van der Waals surface area contributed by atoms with Crippen LogP contribution >= 0.6 is 0 Å². The van der Waals surface area contributed by atoms with Gasteiger partial charge in [-0.25, -0.2) is 12.7 Å². The van der Waals surface area contributed by atoms with E-state index in [9.17, 15) is 26.4 Å². The van der Waals surface area contributed by atoms with Crippen molar-refractivity contribution in [1.82, 2.24) is 9.21 Å². The van der Waals surface area contributed by atoms with Gasteiger partial charge in [-0.1, -0.05) is 6.58 Å². The van der Waals surface area contributed by atoms with Crippen LogP contribution in [-0.2, 0) is 14.8 Å². The fourth-order valence-corrected chi connectivity index (χ4v) is 3.54. The number of rotatable bonds is 3. The molecule has 0 radical (unpaired) electrons. The van der Waals surface area contributed by atoms with Crippen LogP contribution in [0.3, 0.4) is 0 Å². The first-order valence-electron chi connectivity index (χ1n) is 5.41. The minimum absolute atomic E-state index is 0.477. The largest absolute Gasteiger partial charge is 0.394 e. The van der Waals surface area contributed by atoms with Crippen molar-refractivity contribution >= 4 is 15.9 Å². The van der Waals surface area contributed by atoms with Gasteiger partial charge in [0, 0.05) is 27.2 Å². The van der Waals surface area contributed by atoms with E-state index in [1.54, 1.807) is 0 Å². The Morgan fingerprint density at radius 1 is 1.37 bits per heavy atom. The van der Waals surface area contributed by atoms with Gasteiger partial charge in [0.1, 0.15) is 5.25 Å². The molecule has 1 amide bonds. The Morgan fingerprint density at radius 2 is 1.89 bits per heavy atom. The smallest absolute Gasteiger partial charge is 0.337 e. The second kappa shape index (κ2) is 5.12. The first-order valence-corrected chi connectivity index (χ1v) is 6.91. The van der Waals surface area contributed by atoms with Crippen LogP contribution in [0.25, 0.3) is 0 Å². The summed E-state index contributed by atoms with van der Waals surface area (Å²) in [7, 11) is -1.76. The summed E-state index contributed by atoms with van der Waals surface area (Å²) in [5.74, 6) is -2.78. The predicted octanol–water partition coefficient (Wildman–Crippen LogP) is 0.453. The highest BCUT2D eigenvalue weighted by Gasteiger charge is 2.55. The predicted molar refractivity (Wildman–Crippen MR) is 62.7 cm³/mol. The van der Waals surface area contributed by atoms with Gasteiger partial charge in [0.2, 0.25) is 15.9 Å². The molecular formula is C10H15F3N2O3S. The normalized spacial score (nSPS) is 24.8. The molecule has 0 aromatic carbocycles. The number of carbonyl (C=O) groups excluding carboxylic acids is 1.